The van der Waals surface area contributed by atoms with Crippen molar-refractivity contribution in [3.63, 3.8) is 0 Å². The number of amides is 2. The highest BCUT2D eigenvalue weighted by atomic mass is 16.5. The molecule has 1 aromatic carbocycles. The SMILES string of the molecule is Nc1cc(-c2cccc(N3CC(=O)NCC3=O)c2)on1. The van der Waals surface area contributed by atoms with E-state index < -0.39 is 0 Å². The summed E-state index contributed by atoms with van der Waals surface area (Å²) < 4.78 is 5.08. The third-order valence-corrected chi connectivity index (χ3v) is 3.01. The van der Waals surface area contributed by atoms with E-state index in [0.717, 1.165) is 5.56 Å². The van der Waals surface area contributed by atoms with Crippen LogP contribution >= 0.6 is 0 Å². The normalized spacial score (nSPS) is 15.3. The van der Waals surface area contributed by atoms with Gasteiger partial charge in [-0.15, -0.1) is 0 Å². The van der Waals surface area contributed by atoms with Gasteiger partial charge in [-0.05, 0) is 12.1 Å². The van der Waals surface area contributed by atoms with Gasteiger partial charge in [0.1, 0.15) is 6.54 Å². The maximum Gasteiger partial charge on any atom is 0.246 e. The molecule has 7 nitrogen and oxygen atoms in total. The van der Waals surface area contributed by atoms with Gasteiger partial charge in [0.25, 0.3) is 0 Å². The Morgan fingerprint density at radius 1 is 1.30 bits per heavy atom. The molecular formula is C13H12N4O3. The number of nitrogens with one attached hydrogen (secondary N) is 1. The van der Waals surface area contributed by atoms with Crippen LogP contribution in [0.3, 0.4) is 0 Å². The molecular weight excluding hydrogens is 260 g/mol. The van der Waals surface area contributed by atoms with Crippen molar-refractivity contribution in [2.75, 3.05) is 23.7 Å². The first-order valence-electron chi connectivity index (χ1n) is 6.03. The van der Waals surface area contributed by atoms with Crippen molar-refractivity contribution in [2.24, 2.45) is 0 Å². The Hall–Kier alpha value is -2.83. The number of aromatic nitrogens is 1. The highest BCUT2D eigenvalue weighted by Crippen LogP contribution is 2.26. The van der Waals surface area contributed by atoms with E-state index in [1.807, 2.05) is 6.07 Å². The summed E-state index contributed by atoms with van der Waals surface area (Å²) in [4.78, 5) is 24.7. The van der Waals surface area contributed by atoms with Gasteiger partial charge in [0.05, 0.1) is 6.54 Å². The molecule has 1 aliphatic heterocycles. The van der Waals surface area contributed by atoms with Crippen LogP contribution in [0.5, 0.6) is 0 Å². The van der Waals surface area contributed by atoms with E-state index in [2.05, 4.69) is 10.5 Å². The summed E-state index contributed by atoms with van der Waals surface area (Å²) in [6.45, 7) is 0.0269. The second-order valence-electron chi connectivity index (χ2n) is 4.42. The molecule has 0 saturated carbocycles. The van der Waals surface area contributed by atoms with E-state index >= 15 is 0 Å². The quantitative estimate of drug-likeness (QED) is 0.823. The fraction of sp³-hybridized carbons (Fsp3) is 0.154. The molecule has 2 aromatic rings. The molecule has 0 atom stereocenters. The zero-order valence-electron chi connectivity index (χ0n) is 10.5. The van der Waals surface area contributed by atoms with E-state index in [9.17, 15) is 9.59 Å². The fourth-order valence-electron chi connectivity index (χ4n) is 2.04. The van der Waals surface area contributed by atoms with Gasteiger partial charge >= 0.3 is 0 Å². The average Bonchev–Trinajstić information content (AvgIpc) is 2.88. The first-order valence-corrected chi connectivity index (χ1v) is 6.03. The lowest BCUT2D eigenvalue weighted by atomic mass is 10.1. The smallest absolute Gasteiger partial charge is 0.246 e. The number of hydrogen-bond acceptors (Lipinski definition) is 5. The summed E-state index contributed by atoms with van der Waals surface area (Å²) in [6, 6.07) is 8.72. The van der Waals surface area contributed by atoms with Crippen molar-refractivity contribution in [1.82, 2.24) is 10.5 Å². The van der Waals surface area contributed by atoms with Crippen molar-refractivity contribution in [2.45, 2.75) is 0 Å². The van der Waals surface area contributed by atoms with E-state index in [4.69, 9.17) is 10.3 Å². The Kier molecular flexibility index (Phi) is 2.86. The minimum absolute atomic E-state index is 0.0122. The van der Waals surface area contributed by atoms with Crippen molar-refractivity contribution in [3.05, 3.63) is 30.3 Å². The Morgan fingerprint density at radius 2 is 2.15 bits per heavy atom. The van der Waals surface area contributed by atoms with E-state index in [1.165, 1.54) is 4.90 Å². The molecule has 1 fully saturated rings. The molecule has 20 heavy (non-hydrogen) atoms. The number of rotatable bonds is 2. The van der Waals surface area contributed by atoms with Crippen LogP contribution in [-0.4, -0.2) is 30.1 Å². The van der Waals surface area contributed by atoms with Gasteiger partial charge < -0.3 is 20.5 Å². The van der Waals surface area contributed by atoms with Crippen LogP contribution in [0, 0.1) is 0 Å². The number of piperazine rings is 1. The third-order valence-electron chi connectivity index (χ3n) is 3.01. The van der Waals surface area contributed by atoms with E-state index in [1.54, 1.807) is 24.3 Å². The number of hydrogen-bond donors (Lipinski definition) is 2. The van der Waals surface area contributed by atoms with Crippen molar-refractivity contribution in [3.8, 4) is 11.3 Å². The van der Waals surface area contributed by atoms with Crippen molar-refractivity contribution >= 4 is 23.3 Å². The molecule has 1 aromatic heterocycles. The molecule has 102 valence electrons. The van der Waals surface area contributed by atoms with Gasteiger partial charge in [0.15, 0.2) is 11.6 Å². The van der Waals surface area contributed by atoms with Gasteiger partial charge in [-0.25, -0.2) is 0 Å². The molecule has 1 aliphatic rings. The second kappa shape index (κ2) is 4.69. The van der Waals surface area contributed by atoms with Gasteiger partial charge in [-0.2, -0.15) is 0 Å². The third kappa shape index (κ3) is 2.20. The van der Waals surface area contributed by atoms with Gasteiger partial charge in [0.2, 0.25) is 11.8 Å². The highest BCUT2D eigenvalue weighted by molar-refractivity contribution is 6.04. The Bertz CT molecular complexity index is 680. The summed E-state index contributed by atoms with van der Waals surface area (Å²) in [5, 5.41) is 6.13. The molecule has 3 rings (SSSR count). The van der Waals surface area contributed by atoms with Crippen LogP contribution in [0.1, 0.15) is 0 Å². The second-order valence-corrected chi connectivity index (χ2v) is 4.42. The van der Waals surface area contributed by atoms with Crippen LogP contribution in [-0.2, 0) is 9.59 Å². The maximum absolute atomic E-state index is 11.8. The molecule has 0 spiro atoms. The molecule has 7 heteroatoms. The largest absolute Gasteiger partial charge is 0.381 e. The molecule has 0 bridgehead atoms. The molecule has 0 unspecified atom stereocenters. The lowest BCUT2D eigenvalue weighted by molar-refractivity contribution is -0.128. The minimum Gasteiger partial charge on any atom is -0.381 e. The predicted octanol–water partition coefficient (Wildman–Crippen LogP) is 0.387. The first kappa shape index (κ1) is 12.2. The predicted molar refractivity (Wildman–Crippen MR) is 71.7 cm³/mol. The minimum atomic E-state index is -0.182. The van der Waals surface area contributed by atoms with Crippen LogP contribution < -0.4 is 16.0 Å². The van der Waals surface area contributed by atoms with Crippen molar-refractivity contribution < 1.29 is 14.1 Å². The van der Waals surface area contributed by atoms with Gasteiger partial charge in [0, 0.05) is 17.3 Å². The lowest BCUT2D eigenvalue weighted by Gasteiger charge is -2.26. The summed E-state index contributed by atoms with van der Waals surface area (Å²) in [6.07, 6.45) is 0. The van der Waals surface area contributed by atoms with Crippen LogP contribution in [0.25, 0.3) is 11.3 Å². The number of anilines is 2. The monoisotopic (exact) mass is 272 g/mol. The Morgan fingerprint density at radius 3 is 2.90 bits per heavy atom. The zero-order chi connectivity index (χ0) is 14.1. The molecule has 2 amide bonds. The van der Waals surface area contributed by atoms with Gasteiger partial charge in [-0.1, -0.05) is 17.3 Å². The number of nitrogens with zero attached hydrogens (tertiary/aromatic N) is 2. The number of nitrogen functional groups attached to an aromatic ring is 1. The lowest BCUT2D eigenvalue weighted by Crippen LogP contribution is -2.51. The van der Waals surface area contributed by atoms with Crippen LogP contribution in [0.15, 0.2) is 34.9 Å². The summed E-state index contributed by atoms with van der Waals surface area (Å²) in [5.74, 6) is 0.467. The van der Waals surface area contributed by atoms with Crippen LogP contribution in [0.4, 0.5) is 11.5 Å². The van der Waals surface area contributed by atoms with Crippen LogP contribution in [0.2, 0.25) is 0 Å². The summed E-state index contributed by atoms with van der Waals surface area (Å²) in [7, 11) is 0. The molecule has 0 radical (unpaired) electrons. The number of carbonyl (C=O) groups excluding carboxylic acids is 2. The van der Waals surface area contributed by atoms with Gasteiger partial charge in [-0.3, -0.25) is 9.59 Å². The average molecular weight is 272 g/mol. The number of benzene rings is 1. The number of nitrogens with two attached hydrogens (primary N) is 1. The summed E-state index contributed by atoms with van der Waals surface area (Å²) >= 11 is 0. The molecule has 2 heterocycles. The summed E-state index contributed by atoms with van der Waals surface area (Å²) in [5.41, 5.74) is 6.89. The molecule has 3 N–H and O–H groups in total. The first-order chi connectivity index (χ1) is 9.63. The molecule has 1 saturated heterocycles. The Labute approximate surface area is 114 Å². The van der Waals surface area contributed by atoms with Crippen molar-refractivity contribution in [1.29, 1.82) is 0 Å². The van der Waals surface area contributed by atoms with E-state index in [0.29, 0.717) is 17.3 Å². The Balaban J connectivity index is 1.94. The standard InChI is InChI=1S/C13H12N4O3/c14-11-5-10(20-16-11)8-2-1-3-9(4-8)17-7-12(18)15-6-13(17)19/h1-5H,6-7H2,(H2,14,16)(H,15,18). The topological polar surface area (TPSA) is 101 Å². The fourth-order valence-corrected chi connectivity index (χ4v) is 2.04. The maximum atomic E-state index is 11.8. The number of carbonyl (C=O) groups is 2. The highest BCUT2D eigenvalue weighted by Gasteiger charge is 2.24. The van der Waals surface area contributed by atoms with E-state index in [-0.39, 0.29) is 24.9 Å². The zero-order valence-corrected chi connectivity index (χ0v) is 10.5. The molecule has 0 aliphatic carbocycles.